The minimum atomic E-state index is -0.259. The lowest BCUT2D eigenvalue weighted by Crippen LogP contribution is -2.38. The second-order valence-corrected chi connectivity index (χ2v) is 7.27. The Morgan fingerprint density at radius 3 is 2.38 bits per heavy atom. The van der Waals surface area contributed by atoms with Gasteiger partial charge in [-0.2, -0.15) is 0 Å². The Morgan fingerprint density at radius 2 is 1.65 bits per heavy atom. The molecule has 1 saturated carbocycles. The Balaban J connectivity index is 1.85. The van der Waals surface area contributed by atoms with Gasteiger partial charge in [0.1, 0.15) is 6.04 Å². The van der Waals surface area contributed by atoms with E-state index in [-0.39, 0.29) is 17.5 Å². The fourth-order valence-corrected chi connectivity index (χ4v) is 4.45. The van der Waals surface area contributed by atoms with Crippen molar-refractivity contribution in [2.24, 2.45) is 5.92 Å². The molecule has 26 heavy (non-hydrogen) atoms. The van der Waals surface area contributed by atoms with Gasteiger partial charge in [0.25, 0.3) is 0 Å². The first-order valence-corrected chi connectivity index (χ1v) is 9.50. The molecule has 1 atom stereocenters. The van der Waals surface area contributed by atoms with Crippen molar-refractivity contribution >= 4 is 11.8 Å². The van der Waals surface area contributed by atoms with Gasteiger partial charge in [-0.3, -0.25) is 10.1 Å². The van der Waals surface area contributed by atoms with Gasteiger partial charge in [-0.25, -0.2) is 0 Å². The summed E-state index contributed by atoms with van der Waals surface area (Å²) in [7, 11) is 0. The molecular weight excluding hydrogens is 324 g/mol. The lowest BCUT2D eigenvalue weighted by Gasteiger charge is -2.41. The van der Waals surface area contributed by atoms with Crippen molar-refractivity contribution in [3.8, 4) is 0 Å². The molecule has 0 saturated heterocycles. The summed E-state index contributed by atoms with van der Waals surface area (Å²) < 4.78 is 0. The van der Waals surface area contributed by atoms with E-state index in [0.29, 0.717) is 5.92 Å². The Labute approximate surface area is 154 Å². The van der Waals surface area contributed by atoms with Crippen LogP contribution in [0.15, 0.2) is 60.3 Å². The number of allylic oxidation sites excluding steroid dienone is 1. The van der Waals surface area contributed by atoms with Crippen molar-refractivity contribution < 1.29 is 4.92 Å². The smallest absolute Gasteiger partial charge is 0.228 e. The highest BCUT2D eigenvalue weighted by atomic mass is 16.6. The number of fused-ring (bicyclic) bond motifs is 1. The van der Waals surface area contributed by atoms with Crippen LogP contribution in [-0.2, 0) is 0 Å². The topological polar surface area (TPSA) is 46.4 Å². The highest BCUT2D eigenvalue weighted by Gasteiger charge is 2.36. The van der Waals surface area contributed by atoms with E-state index in [2.05, 4.69) is 29.2 Å². The molecular formula is C22H24N2O2. The number of nitro groups is 1. The number of hydrogen-bond acceptors (Lipinski definition) is 3. The number of anilines is 1. The van der Waals surface area contributed by atoms with E-state index in [4.69, 9.17) is 0 Å². The SMILES string of the molecule is O=[N+]([O-])CC1c2ccccc2C=C(C2CCCCC2)N1c1ccccc1. The molecule has 4 rings (SSSR count). The maximum absolute atomic E-state index is 11.5. The summed E-state index contributed by atoms with van der Waals surface area (Å²) in [4.78, 5) is 13.6. The van der Waals surface area contributed by atoms with Gasteiger partial charge in [-0.1, -0.05) is 61.7 Å². The first-order chi connectivity index (χ1) is 12.7. The Morgan fingerprint density at radius 1 is 0.962 bits per heavy atom. The highest BCUT2D eigenvalue weighted by Crippen LogP contribution is 2.43. The van der Waals surface area contributed by atoms with E-state index in [1.165, 1.54) is 37.8 Å². The third-order valence-electron chi connectivity index (χ3n) is 5.63. The number of rotatable bonds is 4. The molecule has 0 aromatic heterocycles. The summed E-state index contributed by atoms with van der Waals surface area (Å²) in [5.74, 6) is 0.478. The van der Waals surface area contributed by atoms with E-state index < -0.39 is 0 Å². The van der Waals surface area contributed by atoms with Crippen LogP contribution < -0.4 is 4.90 Å². The molecule has 2 aromatic rings. The van der Waals surface area contributed by atoms with E-state index in [9.17, 15) is 10.1 Å². The van der Waals surface area contributed by atoms with Crippen molar-refractivity contribution in [1.82, 2.24) is 0 Å². The normalized spacial score (nSPS) is 20.4. The van der Waals surface area contributed by atoms with Crippen molar-refractivity contribution in [2.75, 3.05) is 11.4 Å². The molecule has 1 aliphatic heterocycles. The van der Waals surface area contributed by atoms with Crippen LogP contribution in [0.2, 0.25) is 0 Å². The molecule has 1 aliphatic carbocycles. The molecule has 2 aliphatic rings. The number of para-hydroxylation sites is 1. The second kappa shape index (κ2) is 7.32. The van der Waals surface area contributed by atoms with Gasteiger partial charge in [0.15, 0.2) is 0 Å². The number of hydrogen-bond donors (Lipinski definition) is 0. The zero-order valence-corrected chi connectivity index (χ0v) is 14.9. The lowest BCUT2D eigenvalue weighted by molar-refractivity contribution is -0.483. The summed E-state index contributed by atoms with van der Waals surface area (Å²) >= 11 is 0. The van der Waals surface area contributed by atoms with Crippen LogP contribution in [-0.4, -0.2) is 11.5 Å². The number of nitrogens with zero attached hydrogens (tertiary/aromatic N) is 2. The molecule has 2 aromatic carbocycles. The molecule has 0 spiro atoms. The second-order valence-electron chi connectivity index (χ2n) is 7.27. The van der Waals surface area contributed by atoms with Crippen LogP contribution in [0.4, 0.5) is 5.69 Å². The molecule has 0 bridgehead atoms. The van der Waals surface area contributed by atoms with Gasteiger partial charge in [0.05, 0.1) is 0 Å². The quantitative estimate of drug-likeness (QED) is 0.545. The van der Waals surface area contributed by atoms with Crippen LogP contribution in [0.1, 0.15) is 49.3 Å². The number of benzene rings is 2. The molecule has 0 radical (unpaired) electrons. The molecule has 134 valence electrons. The van der Waals surface area contributed by atoms with E-state index in [1.54, 1.807) is 0 Å². The zero-order valence-electron chi connectivity index (χ0n) is 14.9. The van der Waals surface area contributed by atoms with Gasteiger partial charge in [-0.15, -0.1) is 0 Å². The maximum atomic E-state index is 11.5. The molecule has 4 nitrogen and oxygen atoms in total. The van der Waals surface area contributed by atoms with Gasteiger partial charge < -0.3 is 4.90 Å². The molecule has 0 N–H and O–H groups in total. The highest BCUT2D eigenvalue weighted by molar-refractivity contribution is 5.70. The summed E-state index contributed by atoms with van der Waals surface area (Å²) in [6.07, 6.45) is 8.39. The maximum Gasteiger partial charge on any atom is 0.228 e. The van der Waals surface area contributed by atoms with E-state index in [1.807, 2.05) is 36.4 Å². The summed E-state index contributed by atoms with van der Waals surface area (Å²) in [6, 6.07) is 18.0. The third-order valence-corrected chi connectivity index (χ3v) is 5.63. The van der Waals surface area contributed by atoms with Crippen molar-refractivity contribution in [2.45, 2.75) is 38.1 Å². The Kier molecular flexibility index (Phi) is 4.74. The van der Waals surface area contributed by atoms with Crippen molar-refractivity contribution in [3.63, 3.8) is 0 Å². The van der Waals surface area contributed by atoms with Gasteiger partial charge in [-0.05, 0) is 48.1 Å². The van der Waals surface area contributed by atoms with E-state index in [0.717, 1.165) is 16.8 Å². The van der Waals surface area contributed by atoms with Crippen molar-refractivity contribution in [3.05, 3.63) is 81.5 Å². The standard InChI is InChI=1S/C22H24N2O2/c25-23(26)16-22-20-14-8-7-11-18(20)15-21(17-9-3-1-4-10-17)24(22)19-12-5-2-6-13-19/h2,5-8,11-15,17,22H,1,3-4,9-10,16H2. The molecule has 0 amide bonds. The lowest BCUT2D eigenvalue weighted by atomic mass is 9.82. The molecule has 1 unspecified atom stereocenters. The van der Waals surface area contributed by atoms with E-state index >= 15 is 0 Å². The van der Waals surface area contributed by atoms with Gasteiger partial charge in [0, 0.05) is 16.3 Å². The van der Waals surface area contributed by atoms with Crippen molar-refractivity contribution in [1.29, 1.82) is 0 Å². The predicted octanol–water partition coefficient (Wildman–Crippen LogP) is 5.45. The molecule has 1 heterocycles. The minimum Gasteiger partial charge on any atom is -0.331 e. The van der Waals surface area contributed by atoms with Crippen LogP contribution in [0.25, 0.3) is 6.08 Å². The van der Waals surface area contributed by atoms with Crippen LogP contribution in [0.3, 0.4) is 0 Å². The largest absolute Gasteiger partial charge is 0.331 e. The first kappa shape index (κ1) is 16.8. The molecule has 1 fully saturated rings. The predicted molar refractivity (Wildman–Crippen MR) is 105 cm³/mol. The van der Waals surface area contributed by atoms with Gasteiger partial charge in [0.2, 0.25) is 6.54 Å². The van der Waals surface area contributed by atoms with Crippen LogP contribution in [0, 0.1) is 16.0 Å². The average Bonchev–Trinajstić information content (AvgIpc) is 2.68. The van der Waals surface area contributed by atoms with Gasteiger partial charge >= 0.3 is 0 Å². The Bertz CT molecular complexity index is 810. The van der Waals surface area contributed by atoms with Crippen LogP contribution in [0.5, 0.6) is 0 Å². The average molecular weight is 348 g/mol. The third kappa shape index (κ3) is 3.24. The fraction of sp³-hybridized carbons (Fsp3) is 0.364. The summed E-state index contributed by atoms with van der Waals surface area (Å²) in [5.41, 5.74) is 4.48. The fourth-order valence-electron chi connectivity index (χ4n) is 4.45. The minimum absolute atomic E-state index is 0.0873. The molecule has 4 heteroatoms. The zero-order chi connectivity index (χ0) is 17.9. The van der Waals surface area contributed by atoms with Crippen LogP contribution >= 0.6 is 0 Å². The summed E-state index contributed by atoms with van der Waals surface area (Å²) in [6.45, 7) is -0.0873. The summed E-state index contributed by atoms with van der Waals surface area (Å²) in [5, 5.41) is 11.5. The Hall–Kier alpha value is -2.62. The monoisotopic (exact) mass is 348 g/mol. The first-order valence-electron chi connectivity index (χ1n) is 9.50.